The number of alkyl halides is 3. The predicted molar refractivity (Wildman–Crippen MR) is 95.7 cm³/mol. The molecule has 0 aliphatic carbocycles. The van der Waals surface area contributed by atoms with E-state index in [1.165, 1.54) is 12.3 Å². The maximum Gasteiger partial charge on any atom is 0.496 e. The summed E-state index contributed by atoms with van der Waals surface area (Å²) < 4.78 is 56.0. The number of aromatic nitrogens is 1. The minimum Gasteiger partial charge on any atom is -0.487 e. The normalized spacial score (nSPS) is 18.6. The van der Waals surface area contributed by atoms with Crippen molar-refractivity contribution in [3.8, 4) is 5.75 Å². The predicted octanol–water partition coefficient (Wildman–Crippen LogP) is 3.98. The second-order valence-corrected chi connectivity index (χ2v) is 7.53. The summed E-state index contributed by atoms with van der Waals surface area (Å²) in [4.78, 5) is 4.13. The highest BCUT2D eigenvalue weighted by molar-refractivity contribution is 6.62. The van der Waals surface area contributed by atoms with Gasteiger partial charge in [-0.1, -0.05) is 12.1 Å². The zero-order valence-electron chi connectivity index (χ0n) is 15.6. The lowest BCUT2D eigenvalue weighted by Gasteiger charge is -2.32. The average Bonchev–Trinajstić information content (AvgIpc) is 2.81. The number of nitrogens with zero attached hydrogens (tertiary/aromatic N) is 1. The molecule has 1 aromatic heterocycles. The molecule has 1 fully saturated rings. The summed E-state index contributed by atoms with van der Waals surface area (Å²) in [6.45, 7) is 7.81. The van der Waals surface area contributed by atoms with Gasteiger partial charge in [0.25, 0.3) is 0 Å². The SMILES string of the molecule is CC1(C)OB(c2cncc(OCc3cccc(C(F)(F)F)c3)c2)OC1(C)C. The van der Waals surface area contributed by atoms with Gasteiger partial charge in [0.2, 0.25) is 0 Å². The zero-order valence-corrected chi connectivity index (χ0v) is 15.6. The molecule has 0 atom stereocenters. The van der Waals surface area contributed by atoms with Crippen molar-refractivity contribution in [2.24, 2.45) is 0 Å². The molecule has 0 saturated carbocycles. The summed E-state index contributed by atoms with van der Waals surface area (Å²) in [6.07, 6.45) is -1.25. The minimum absolute atomic E-state index is 0.00157. The van der Waals surface area contributed by atoms with Gasteiger partial charge < -0.3 is 14.0 Å². The Kier molecular flexibility index (Phi) is 4.99. The first kappa shape index (κ1) is 19.7. The summed E-state index contributed by atoms with van der Waals surface area (Å²) in [7, 11) is -0.584. The number of hydrogen-bond acceptors (Lipinski definition) is 4. The highest BCUT2D eigenvalue weighted by atomic mass is 19.4. The van der Waals surface area contributed by atoms with Crippen LogP contribution in [-0.4, -0.2) is 23.3 Å². The standard InChI is InChI=1S/C19H21BF3NO3/c1-17(2)18(3,4)27-20(26-17)15-9-16(11-24-10-15)25-12-13-6-5-7-14(8-13)19(21,22)23/h5-11H,12H2,1-4H3. The smallest absolute Gasteiger partial charge is 0.487 e. The quantitative estimate of drug-likeness (QED) is 0.754. The van der Waals surface area contributed by atoms with E-state index in [2.05, 4.69) is 4.98 Å². The first-order valence-corrected chi connectivity index (χ1v) is 8.57. The van der Waals surface area contributed by atoms with Crippen molar-refractivity contribution >= 4 is 12.6 Å². The molecule has 0 bridgehead atoms. The number of pyridine rings is 1. The first-order valence-electron chi connectivity index (χ1n) is 8.57. The Morgan fingerprint density at radius 2 is 1.70 bits per heavy atom. The fourth-order valence-electron chi connectivity index (χ4n) is 2.63. The van der Waals surface area contributed by atoms with Crippen molar-refractivity contribution in [3.63, 3.8) is 0 Å². The van der Waals surface area contributed by atoms with Crippen LogP contribution < -0.4 is 10.2 Å². The van der Waals surface area contributed by atoms with Crippen LogP contribution in [0.4, 0.5) is 13.2 Å². The van der Waals surface area contributed by atoms with Gasteiger partial charge in [-0.05, 0) is 51.5 Å². The molecule has 0 unspecified atom stereocenters. The van der Waals surface area contributed by atoms with Gasteiger partial charge in [-0.3, -0.25) is 4.98 Å². The minimum atomic E-state index is -4.38. The molecule has 8 heteroatoms. The van der Waals surface area contributed by atoms with Gasteiger partial charge in [-0.15, -0.1) is 0 Å². The number of ether oxygens (including phenoxy) is 1. The van der Waals surface area contributed by atoms with Crippen LogP contribution >= 0.6 is 0 Å². The van der Waals surface area contributed by atoms with E-state index < -0.39 is 30.1 Å². The van der Waals surface area contributed by atoms with E-state index in [-0.39, 0.29) is 6.61 Å². The molecule has 3 rings (SSSR count). The summed E-state index contributed by atoms with van der Waals surface area (Å²) in [5.41, 5.74) is -0.548. The van der Waals surface area contributed by atoms with Gasteiger partial charge in [-0.25, -0.2) is 0 Å². The number of hydrogen-bond donors (Lipinski definition) is 0. The van der Waals surface area contributed by atoms with Gasteiger partial charge in [-0.2, -0.15) is 13.2 Å². The third-order valence-corrected chi connectivity index (χ3v) is 4.92. The lowest BCUT2D eigenvalue weighted by Crippen LogP contribution is -2.41. The lowest BCUT2D eigenvalue weighted by molar-refractivity contribution is -0.137. The van der Waals surface area contributed by atoms with Crippen molar-refractivity contribution < 1.29 is 27.2 Å². The molecule has 27 heavy (non-hydrogen) atoms. The zero-order chi connectivity index (χ0) is 19.9. The average molecular weight is 379 g/mol. The van der Waals surface area contributed by atoms with E-state index in [1.54, 1.807) is 18.3 Å². The van der Waals surface area contributed by atoms with Gasteiger partial charge in [0.1, 0.15) is 12.4 Å². The summed E-state index contributed by atoms with van der Waals surface area (Å²) in [5, 5.41) is 0. The lowest BCUT2D eigenvalue weighted by atomic mass is 9.80. The highest BCUT2D eigenvalue weighted by Crippen LogP contribution is 2.36. The van der Waals surface area contributed by atoms with Crippen LogP contribution in [0.3, 0.4) is 0 Å². The molecule has 1 saturated heterocycles. The first-order chi connectivity index (χ1) is 12.5. The molecule has 0 amide bonds. The number of benzene rings is 1. The molecule has 0 spiro atoms. The molecule has 144 valence electrons. The maximum absolute atomic E-state index is 12.8. The van der Waals surface area contributed by atoms with E-state index in [0.29, 0.717) is 16.8 Å². The molecule has 2 heterocycles. The molecule has 4 nitrogen and oxygen atoms in total. The van der Waals surface area contributed by atoms with Crippen LogP contribution in [0.1, 0.15) is 38.8 Å². The van der Waals surface area contributed by atoms with Crippen molar-refractivity contribution in [2.75, 3.05) is 0 Å². The van der Waals surface area contributed by atoms with Gasteiger partial charge in [0.05, 0.1) is 23.0 Å². The Morgan fingerprint density at radius 1 is 1.04 bits per heavy atom. The Labute approximate surface area is 156 Å². The fraction of sp³-hybridized carbons (Fsp3) is 0.421. The fourth-order valence-corrected chi connectivity index (χ4v) is 2.63. The molecular weight excluding hydrogens is 358 g/mol. The molecule has 0 N–H and O–H groups in total. The van der Waals surface area contributed by atoms with Crippen molar-refractivity contribution in [1.29, 1.82) is 0 Å². The van der Waals surface area contributed by atoms with E-state index in [9.17, 15) is 13.2 Å². The van der Waals surface area contributed by atoms with Crippen LogP contribution in [0.5, 0.6) is 5.75 Å². The summed E-state index contributed by atoms with van der Waals surface area (Å²) >= 11 is 0. The molecule has 1 aliphatic rings. The highest BCUT2D eigenvalue weighted by Gasteiger charge is 2.51. The van der Waals surface area contributed by atoms with Crippen molar-refractivity contribution in [1.82, 2.24) is 4.98 Å². The van der Waals surface area contributed by atoms with Crippen LogP contribution in [0.25, 0.3) is 0 Å². The van der Waals surface area contributed by atoms with Crippen LogP contribution in [-0.2, 0) is 22.1 Å². The topological polar surface area (TPSA) is 40.6 Å². The molecule has 1 aliphatic heterocycles. The number of halogens is 3. The third-order valence-electron chi connectivity index (χ3n) is 4.92. The Hall–Kier alpha value is -2.06. The van der Waals surface area contributed by atoms with Gasteiger partial charge >= 0.3 is 13.3 Å². The van der Waals surface area contributed by atoms with Crippen molar-refractivity contribution in [2.45, 2.75) is 51.7 Å². The molecule has 2 aromatic rings. The molecule has 1 aromatic carbocycles. The molecule has 0 radical (unpaired) electrons. The second kappa shape index (κ2) is 6.84. The van der Waals surface area contributed by atoms with Crippen molar-refractivity contribution in [3.05, 3.63) is 53.9 Å². The van der Waals surface area contributed by atoms with E-state index in [0.717, 1.165) is 12.1 Å². The van der Waals surface area contributed by atoms with E-state index in [1.807, 2.05) is 27.7 Å². The monoisotopic (exact) mass is 379 g/mol. The Balaban J connectivity index is 1.71. The van der Waals surface area contributed by atoms with E-state index >= 15 is 0 Å². The van der Waals surface area contributed by atoms with Gasteiger partial charge in [0.15, 0.2) is 0 Å². The second-order valence-electron chi connectivity index (χ2n) is 7.53. The molecular formula is C19H21BF3NO3. The Bertz CT molecular complexity index is 808. The summed E-state index contributed by atoms with van der Waals surface area (Å²) in [5.74, 6) is 0.430. The number of rotatable bonds is 4. The Morgan fingerprint density at radius 3 is 2.33 bits per heavy atom. The van der Waals surface area contributed by atoms with Crippen LogP contribution in [0.2, 0.25) is 0 Å². The van der Waals surface area contributed by atoms with Crippen LogP contribution in [0, 0.1) is 0 Å². The third kappa shape index (κ3) is 4.27. The van der Waals surface area contributed by atoms with E-state index in [4.69, 9.17) is 14.0 Å². The summed E-state index contributed by atoms with van der Waals surface area (Å²) in [6, 6.07) is 6.78. The largest absolute Gasteiger partial charge is 0.496 e. The van der Waals surface area contributed by atoms with Gasteiger partial charge in [0, 0.05) is 11.7 Å². The van der Waals surface area contributed by atoms with Crippen LogP contribution in [0.15, 0.2) is 42.7 Å². The maximum atomic E-state index is 12.8.